The van der Waals surface area contributed by atoms with Crippen LogP contribution >= 0.6 is 0 Å². The molecule has 6 heteroatoms. The Morgan fingerprint density at radius 2 is 1.64 bits per heavy atom. The summed E-state index contributed by atoms with van der Waals surface area (Å²) in [7, 11) is 0. The van der Waals surface area contributed by atoms with Crippen LogP contribution in [-0.4, -0.2) is 23.4 Å². The molecule has 0 saturated carbocycles. The Morgan fingerprint density at radius 3 is 2.18 bits per heavy atom. The van der Waals surface area contributed by atoms with Gasteiger partial charge in [0.05, 0.1) is 0 Å². The molecule has 0 spiro atoms. The summed E-state index contributed by atoms with van der Waals surface area (Å²) < 4.78 is 39.8. The third-order valence-electron chi connectivity index (χ3n) is 3.39. The summed E-state index contributed by atoms with van der Waals surface area (Å²) in [6.07, 6.45) is -4.44. The number of aryl methyl sites for hydroxylation is 1. The topological polar surface area (TPSA) is 24.9 Å². The number of alkyl halides is 3. The second-order valence-electron chi connectivity index (χ2n) is 6.28. The van der Waals surface area contributed by atoms with Gasteiger partial charge in [-0.25, -0.2) is 0 Å². The molecule has 0 bridgehead atoms. The van der Waals surface area contributed by atoms with E-state index in [4.69, 9.17) is 0 Å². The van der Waals surface area contributed by atoms with Crippen molar-refractivity contribution in [2.24, 2.45) is 0 Å². The molecule has 118 valence electrons. The van der Waals surface area contributed by atoms with Crippen molar-refractivity contribution in [3.05, 3.63) is 47.7 Å². The second-order valence-corrected chi connectivity index (χ2v) is 20.7. The third-order valence-corrected chi connectivity index (χ3v) is 9.16. The number of rotatable bonds is 3. The quantitative estimate of drug-likeness (QED) is 0.736. The molecular formula is C16H19F3N2Sn. The fourth-order valence-corrected chi connectivity index (χ4v) is 6.19. The minimum absolute atomic E-state index is 0.340. The summed E-state index contributed by atoms with van der Waals surface area (Å²) in [6.45, 7) is 1.91. The van der Waals surface area contributed by atoms with Gasteiger partial charge in [-0.15, -0.1) is 0 Å². The summed E-state index contributed by atoms with van der Waals surface area (Å²) in [5.41, 5.74) is 0.894. The summed E-state index contributed by atoms with van der Waals surface area (Å²) in [6, 6.07) is 10.2. The van der Waals surface area contributed by atoms with Gasteiger partial charge in [0.2, 0.25) is 0 Å². The standard InChI is InChI=1S/C13H10F3N2.3CH3.Sn/c1-9-5-2-3-6-10(9)17-12-8-4-7-11(18-12)13(14,15)16;;;;/h2-7H,1H3,(H,17,18);3*1H3;. The number of para-hydroxylation sites is 1. The van der Waals surface area contributed by atoms with Crippen LogP contribution in [0.15, 0.2) is 36.4 Å². The number of nitrogens with zero attached hydrogens (tertiary/aromatic N) is 1. The van der Waals surface area contributed by atoms with Crippen LogP contribution < -0.4 is 8.90 Å². The van der Waals surface area contributed by atoms with Gasteiger partial charge in [0.1, 0.15) is 0 Å². The van der Waals surface area contributed by atoms with Crippen molar-refractivity contribution in [1.29, 1.82) is 0 Å². The van der Waals surface area contributed by atoms with E-state index in [0.717, 1.165) is 20.9 Å². The van der Waals surface area contributed by atoms with Gasteiger partial charge >= 0.3 is 133 Å². The van der Waals surface area contributed by atoms with E-state index in [-0.39, 0.29) is 0 Å². The number of halogens is 3. The van der Waals surface area contributed by atoms with E-state index >= 15 is 0 Å². The molecule has 0 radical (unpaired) electrons. The Bertz CT molecular complexity index is 676. The van der Waals surface area contributed by atoms with Crippen LogP contribution in [0.2, 0.25) is 14.8 Å². The first-order valence-electron chi connectivity index (χ1n) is 7.00. The minimum atomic E-state index is -4.44. The number of aromatic nitrogens is 1. The van der Waals surface area contributed by atoms with Gasteiger partial charge in [-0.1, -0.05) is 0 Å². The molecule has 0 aliphatic carbocycles. The SMILES string of the molecule is Cc1ccccc1Nc1nc(C(F)(F)F)cc[c]1[Sn]([CH3])([CH3])[CH3]. The average Bonchev–Trinajstić information content (AvgIpc) is 2.39. The molecule has 0 amide bonds. The van der Waals surface area contributed by atoms with E-state index in [1.54, 1.807) is 6.07 Å². The number of nitrogens with one attached hydrogen (secondary N) is 1. The van der Waals surface area contributed by atoms with Gasteiger partial charge in [-0.05, 0) is 0 Å². The number of pyridine rings is 1. The van der Waals surface area contributed by atoms with Crippen molar-refractivity contribution in [3.8, 4) is 0 Å². The van der Waals surface area contributed by atoms with Crippen LogP contribution in [0.1, 0.15) is 11.3 Å². The van der Waals surface area contributed by atoms with E-state index in [1.165, 1.54) is 0 Å². The molecule has 0 saturated heterocycles. The molecule has 0 aliphatic heterocycles. The van der Waals surface area contributed by atoms with Crippen molar-refractivity contribution in [2.75, 3.05) is 5.32 Å². The number of hydrogen-bond acceptors (Lipinski definition) is 2. The van der Waals surface area contributed by atoms with Crippen molar-refractivity contribution in [2.45, 2.75) is 27.9 Å². The average molecular weight is 415 g/mol. The van der Waals surface area contributed by atoms with E-state index in [2.05, 4.69) is 25.1 Å². The Balaban J connectivity index is 2.53. The van der Waals surface area contributed by atoms with E-state index < -0.39 is 30.2 Å². The van der Waals surface area contributed by atoms with Gasteiger partial charge in [0.15, 0.2) is 0 Å². The van der Waals surface area contributed by atoms with Gasteiger partial charge < -0.3 is 0 Å². The molecule has 0 aliphatic rings. The van der Waals surface area contributed by atoms with Gasteiger partial charge in [0.25, 0.3) is 0 Å². The number of anilines is 2. The van der Waals surface area contributed by atoms with Crippen molar-refractivity contribution < 1.29 is 13.2 Å². The Morgan fingerprint density at radius 1 is 1.00 bits per heavy atom. The molecular weight excluding hydrogens is 396 g/mol. The summed E-state index contributed by atoms with van der Waals surface area (Å²) >= 11 is -2.59. The molecule has 1 aromatic heterocycles. The maximum atomic E-state index is 12.9. The first-order valence-corrected chi connectivity index (χ1v) is 17.0. The van der Waals surface area contributed by atoms with Crippen molar-refractivity contribution in [1.82, 2.24) is 4.98 Å². The Labute approximate surface area is 132 Å². The molecule has 0 fully saturated rings. The Hall–Kier alpha value is -1.24. The van der Waals surface area contributed by atoms with Crippen molar-refractivity contribution >= 4 is 33.5 Å². The molecule has 0 atom stereocenters. The zero-order valence-electron chi connectivity index (χ0n) is 13.0. The van der Waals surface area contributed by atoms with Gasteiger partial charge in [-0.3, -0.25) is 0 Å². The molecule has 22 heavy (non-hydrogen) atoms. The molecule has 1 heterocycles. The normalized spacial score (nSPS) is 12.3. The first-order chi connectivity index (χ1) is 10.1. The molecule has 1 N–H and O–H groups in total. The third kappa shape index (κ3) is 3.94. The summed E-state index contributed by atoms with van der Waals surface area (Å²) in [4.78, 5) is 10.3. The van der Waals surface area contributed by atoms with Gasteiger partial charge in [-0.2, -0.15) is 0 Å². The zero-order valence-corrected chi connectivity index (χ0v) is 15.9. The van der Waals surface area contributed by atoms with Crippen molar-refractivity contribution in [3.63, 3.8) is 0 Å². The van der Waals surface area contributed by atoms with E-state index in [0.29, 0.717) is 5.82 Å². The summed E-state index contributed by atoms with van der Waals surface area (Å²) in [5.74, 6) is 0.340. The van der Waals surface area contributed by atoms with Crippen LogP contribution in [0.3, 0.4) is 0 Å². The number of benzene rings is 1. The van der Waals surface area contributed by atoms with Crippen LogP contribution in [0, 0.1) is 6.92 Å². The zero-order chi connectivity index (χ0) is 16.5. The van der Waals surface area contributed by atoms with E-state index in [1.807, 2.05) is 31.2 Å². The van der Waals surface area contributed by atoms with Crippen LogP contribution in [0.5, 0.6) is 0 Å². The van der Waals surface area contributed by atoms with Crippen LogP contribution in [0.25, 0.3) is 0 Å². The van der Waals surface area contributed by atoms with Crippen LogP contribution in [0.4, 0.5) is 24.7 Å². The predicted octanol–water partition coefficient (Wildman–Crippen LogP) is 4.70. The fourth-order valence-electron chi connectivity index (χ4n) is 2.16. The Kier molecular flexibility index (Phi) is 4.75. The molecule has 2 rings (SSSR count). The van der Waals surface area contributed by atoms with Crippen LogP contribution in [-0.2, 0) is 6.18 Å². The fraction of sp³-hybridized carbons (Fsp3) is 0.312. The maximum absolute atomic E-state index is 12.9. The second kappa shape index (κ2) is 6.10. The van der Waals surface area contributed by atoms with Gasteiger partial charge in [0, 0.05) is 0 Å². The summed E-state index contributed by atoms with van der Waals surface area (Å²) in [5, 5.41) is 3.10. The predicted molar refractivity (Wildman–Crippen MR) is 86.7 cm³/mol. The first kappa shape index (κ1) is 17.1. The monoisotopic (exact) mass is 416 g/mol. The number of hydrogen-bond donors (Lipinski definition) is 1. The molecule has 2 aromatic rings. The molecule has 0 unspecified atom stereocenters. The molecule has 2 nitrogen and oxygen atoms in total. The molecule has 1 aromatic carbocycles. The van der Waals surface area contributed by atoms with E-state index in [9.17, 15) is 13.2 Å².